The maximum absolute atomic E-state index is 12.5. The smallest absolute Gasteiger partial charge is 0.341 e. The fraction of sp³-hybridized carbons (Fsp3) is 0.344. The normalized spacial score (nSPS) is 13.6. The van der Waals surface area contributed by atoms with Crippen LogP contribution in [0.4, 0.5) is 0 Å². The van der Waals surface area contributed by atoms with Crippen molar-refractivity contribution < 1.29 is 34.3 Å². The lowest BCUT2D eigenvalue weighted by molar-refractivity contribution is 0.0279. The van der Waals surface area contributed by atoms with E-state index in [1.165, 1.54) is 7.11 Å². The van der Waals surface area contributed by atoms with Crippen LogP contribution in [0.1, 0.15) is 46.3 Å². The number of allylic oxidation sites excluding steroid dienone is 1. The van der Waals surface area contributed by atoms with Gasteiger partial charge in [0.05, 0.1) is 32.0 Å². The second-order valence-corrected chi connectivity index (χ2v) is 9.36. The van der Waals surface area contributed by atoms with Gasteiger partial charge in [0.15, 0.2) is 0 Å². The van der Waals surface area contributed by atoms with E-state index in [4.69, 9.17) is 14.2 Å². The predicted molar refractivity (Wildman–Crippen MR) is 149 cm³/mol. The molecule has 7 heteroatoms. The molecular weight excluding hydrogens is 496 g/mol. The van der Waals surface area contributed by atoms with Crippen molar-refractivity contribution in [2.45, 2.75) is 57.2 Å². The minimum atomic E-state index is -0.902. The van der Waals surface area contributed by atoms with Crippen molar-refractivity contribution in [3.63, 3.8) is 0 Å². The summed E-state index contributed by atoms with van der Waals surface area (Å²) in [5.41, 5.74) is 3.08. The highest BCUT2D eigenvalue weighted by Crippen LogP contribution is 2.25. The molecule has 0 spiro atoms. The average Bonchev–Trinajstić information content (AvgIpc) is 2.95. The quantitative estimate of drug-likeness (QED) is 0.140. The number of hydrogen-bond donors (Lipinski definition) is 3. The van der Waals surface area contributed by atoms with Gasteiger partial charge in [0.25, 0.3) is 0 Å². The Morgan fingerprint density at radius 2 is 1.49 bits per heavy atom. The highest BCUT2D eigenvalue weighted by atomic mass is 16.5. The van der Waals surface area contributed by atoms with Crippen molar-refractivity contribution in [1.29, 1.82) is 0 Å². The van der Waals surface area contributed by atoms with Gasteiger partial charge in [0.1, 0.15) is 17.9 Å². The van der Waals surface area contributed by atoms with Crippen LogP contribution in [0.15, 0.2) is 91.0 Å². The number of aliphatic hydroxyl groups is 3. The van der Waals surface area contributed by atoms with Crippen LogP contribution in [0.5, 0.6) is 5.75 Å². The minimum Gasteiger partial charge on any atom is -0.488 e. The molecule has 208 valence electrons. The molecule has 0 aromatic heterocycles. The standard InChI is InChI=1S/C32H38O7/c1-37-32(36)31-26(15-9-17-30(31)39-23-25-12-6-3-7-13-25)14-8-16-27(33)20-29(35)21-28(34)18-19-38-22-24-10-4-2-5-11-24/h2-13,15-17,27-29,33-35H,14,18-23H2,1H3/b16-8+/t27-,28+,29-/m1/s1. The Balaban J connectivity index is 1.46. The third-order valence-electron chi connectivity index (χ3n) is 6.20. The van der Waals surface area contributed by atoms with E-state index in [1.54, 1.807) is 24.3 Å². The van der Waals surface area contributed by atoms with E-state index in [1.807, 2.05) is 66.7 Å². The number of methoxy groups -OCH3 is 1. The molecule has 0 heterocycles. The summed E-state index contributed by atoms with van der Waals surface area (Å²) in [6.45, 7) is 1.16. The topological polar surface area (TPSA) is 105 Å². The molecule has 0 aliphatic heterocycles. The maximum atomic E-state index is 12.5. The summed E-state index contributed by atoms with van der Waals surface area (Å²) in [5, 5.41) is 30.9. The van der Waals surface area contributed by atoms with Crippen LogP contribution in [-0.2, 0) is 29.1 Å². The van der Waals surface area contributed by atoms with Gasteiger partial charge in [-0.1, -0.05) is 84.9 Å². The van der Waals surface area contributed by atoms with Gasteiger partial charge in [0, 0.05) is 13.0 Å². The molecule has 0 amide bonds. The van der Waals surface area contributed by atoms with Crippen molar-refractivity contribution in [2.24, 2.45) is 0 Å². The summed E-state index contributed by atoms with van der Waals surface area (Å²) in [6.07, 6.45) is 1.82. The number of rotatable bonds is 16. The third kappa shape index (κ3) is 10.7. The molecule has 0 unspecified atom stereocenters. The van der Waals surface area contributed by atoms with Crippen LogP contribution in [0, 0.1) is 0 Å². The highest BCUT2D eigenvalue weighted by Gasteiger charge is 2.18. The molecule has 0 aliphatic rings. The van der Waals surface area contributed by atoms with Crippen LogP contribution < -0.4 is 4.74 Å². The number of hydrogen-bond acceptors (Lipinski definition) is 7. The van der Waals surface area contributed by atoms with Crippen molar-refractivity contribution in [3.8, 4) is 5.75 Å². The van der Waals surface area contributed by atoms with Crippen molar-refractivity contribution in [1.82, 2.24) is 0 Å². The molecule has 3 atom stereocenters. The molecule has 0 radical (unpaired) electrons. The Kier molecular flexibility index (Phi) is 12.7. The zero-order valence-electron chi connectivity index (χ0n) is 22.3. The first-order valence-corrected chi connectivity index (χ1v) is 13.2. The van der Waals surface area contributed by atoms with E-state index in [0.29, 0.717) is 49.5 Å². The number of benzene rings is 3. The van der Waals surface area contributed by atoms with Gasteiger partial charge in [-0.05, 0) is 42.0 Å². The molecule has 3 aromatic rings. The summed E-state index contributed by atoms with van der Waals surface area (Å²) in [7, 11) is 1.32. The monoisotopic (exact) mass is 534 g/mol. The molecule has 3 aromatic carbocycles. The van der Waals surface area contributed by atoms with Crippen LogP contribution in [0.3, 0.4) is 0 Å². The number of carbonyl (C=O) groups excluding carboxylic acids is 1. The summed E-state index contributed by atoms with van der Waals surface area (Å²) in [5.74, 6) is -0.0749. The van der Waals surface area contributed by atoms with Crippen molar-refractivity contribution >= 4 is 5.97 Å². The Hall–Kier alpha value is -3.49. The summed E-state index contributed by atoms with van der Waals surface area (Å²) in [4.78, 5) is 12.5. The van der Waals surface area contributed by atoms with Crippen LogP contribution in [0.25, 0.3) is 0 Å². The maximum Gasteiger partial charge on any atom is 0.341 e. The molecule has 0 saturated carbocycles. The summed E-state index contributed by atoms with van der Waals surface area (Å²) < 4.78 is 16.5. The first-order valence-electron chi connectivity index (χ1n) is 13.2. The molecule has 7 nitrogen and oxygen atoms in total. The van der Waals surface area contributed by atoms with E-state index in [2.05, 4.69) is 0 Å². The lowest BCUT2D eigenvalue weighted by Crippen LogP contribution is -2.23. The Morgan fingerprint density at radius 1 is 0.821 bits per heavy atom. The molecule has 0 fully saturated rings. The van der Waals surface area contributed by atoms with Crippen molar-refractivity contribution in [2.75, 3.05) is 13.7 Å². The van der Waals surface area contributed by atoms with E-state index >= 15 is 0 Å². The first-order chi connectivity index (χ1) is 19.0. The summed E-state index contributed by atoms with van der Waals surface area (Å²) >= 11 is 0. The lowest BCUT2D eigenvalue weighted by Gasteiger charge is -2.17. The van der Waals surface area contributed by atoms with Crippen LogP contribution >= 0.6 is 0 Å². The second-order valence-electron chi connectivity index (χ2n) is 9.36. The molecule has 0 bridgehead atoms. The van der Waals surface area contributed by atoms with Crippen LogP contribution in [0.2, 0.25) is 0 Å². The number of aliphatic hydroxyl groups excluding tert-OH is 3. The average molecular weight is 535 g/mol. The van der Waals surface area contributed by atoms with E-state index < -0.39 is 24.3 Å². The molecule has 3 N–H and O–H groups in total. The van der Waals surface area contributed by atoms with Gasteiger partial charge in [-0.3, -0.25) is 0 Å². The van der Waals surface area contributed by atoms with E-state index in [-0.39, 0.29) is 12.8 Å². The largest absolute Gasteiger partial charge is 0.488 e. The zero-order valence-corrected chi connectivity index (χ0v) is 22.3. The predicted octanol–water partition coefficient (Wildman–Crippen LogP) is 4.62. The lowest BCUT2D eigenvalue weighted by atomic mass is 10.0. The molecule has 3 rings (SSSR count). The van der Waals surface area contributed by atoms with Crippen LogP contribution in [-0.4, -0.2) is 53.3 Å². The fourth-order valence-corrected chi connectivity index (χ4v) is 4.16. The molecule has 0 aliphatic carbocycles. The van der Waals surface area contributed by atoms with Gasteiger partial charge in [-0.15, -0.1) is 0 Å². The molecule has 39 heavy (non-hydrogen) atoms. The first kappa shape index (κ1) is 30.1. The second kappa shape index (κ2) is 16.5. The van der Waals surface area contributed by atoms with E-state index in [0.717, 1.165) is 11.1 Å². The third-order valence-corrected chi connectivity index (χ3v) is 6.20. The van der Waals surface area contributed by atoms with Gasteiger partial charge in [-0.2, -0.15) is 0 Å². The van der Waals surface area contributed by atoms with E-state index in [9.17, 15) is 20.1 Å². The zero-order chi connectivity index (χ0) is 27.9. The number of carbonyl (C=O) groups is 1. The highest BCUT2D eigenvalue weighted by molar-refractivity contribution is 5.94. The Bertz CT molecular complexity index is 1150. The van der Waals surface area contributed by atoms with Crippen molar-refractivity contribution in [3.05, 3.63) is 113 Å². The number of esters is 1. The Morgan fingerprint density at radius 3 is 2.15 bits per heavy atom. The number of ether oxygens (including phenoxy) is 3. The summed E-state index contributed by atoms with van der Waals surface area (Å²) in [6, 6.07) is 24.8. The van der Waals surface area contributed by atoms with Gasteiger partial charge >= 0.3 is 5.97 Å². The SMILES string of the molecule is COC(=O)c1c(C/C=C/[C@@H](O)C[C@@H](O)C[C@@H](O)CCOCc2ccccc2)cccc1OCc1ccccc1. The van der Waals surface area contributed by atoms with Gasteiger partial charge in [-0.25, -0.2) is 4.79 Å². The van der Waals surface area contributed by atoms with Gasteiger partial charge in [0.2, 0.25) is 0 Å². The minimum absolute atomic E-state index is 0.0858. The molecule has 0 saturated heterocycles. The van der Waals surface area contributed by atoms with Gasteiger partial charge < -0.3 is 29.5 Å². The molecular formula is C32H38O7. The Labute approximate surface area is 230 Å². The fourth-order valence-electron chi connectivity index (χ4n) is 4.16.